The van der Waals surface area contributed by atoms with Crippen molar-refractivity contribution in [1.82, 2.24) is 9.88 Å². The second kappa shape index (κ2) is 8.19. The SMILES string of the molecule is Cc1ccc2cc(CN(CCc3ccccc3)C(=O)c3ccco3)c(=O)[nH]c2c1. The largest absolute Gasteiger partial charge is 0.459 e. The van der Waals surface area contributed by atoms with E-state index in [1.807, 2.05) is 61.5 Å². The number of benzene rings is 2. The van der Waals surface area contributed by atoms with Crippen LogP contribution in [0.15, 0.2) is 82.2 Å². The van der Waals surface area contributed by atoms with E-state index >= 15 is 0 Å². The van der Waals surface area contributed by atoms with Crippen LogP contribution in [0, 0.1) is 6.92 Å². The van der Waals surface area contributed by atoms with Crippen molar-refractivity contribution >= 4 is 16.8 Å². The lowest BCUT2D eigenvalue weighted by atomic mass is 10.1. The Bertz CT molecular complexity index is 1180. The third-order valence-corrected chi connectivity index (χ3v) is 4.97. The van der Waals surface area contributed by atoms with E-state index in [1.165, 1.54) is 6.26 Å². The molecule has 1 amide bonds. The quantitative estimate of drug-likeness (QED) is 0.537. The number of carbonyl (C=O) groups excluding carboxylic acids is 1. The van der Waals surface area contributed by atoms with Crippen LogP contribution >= 0.6 is 0 Å². The fourth-order valence-electron chi connectivity index (χ4n) is 3.40. The molecule has 5 heteroatoms. The van der Waals surface area contributed by atoms with Gasteiger partial charge < -0.3 is 14.3 Å². The van der Waals surface area contributed by atoms with E-state index in [1.54, 1.807) is 17.0 Å². The van der Waals surface area contributed by atoms with Gasteiger partial charge in [-0.3, -0.25) is 9.59 Å². The highest BCUT2D eigenvalue weighted by Gasteiger charge is 2.20. The standard InChI is InChI=1S/C24H22N2O3/c1-17-9-10-19-15-20(23(27)25-21(19)14-17)16-26(24(28)22-8-5-13-29-22)12-11-18-6-3-2-4-7-18/h2-10,13-15H,11-12,16H2,1H3,(H,25,27). The van der Waals surface area contributed by atoms with Gasteiger partial charge in [0.05, 0.1) is 12.8 Å². The van der Waals surface area contributed by atoms with Crippen LogP contribution in [0.4, 0.5) is 0 Å². The van der Waals surface area contributed by atoms with Crippen LogP contribution in [0.5, 0.6) is 0 Å². The topological polar surface area (TPSA) is 66.3 Å². The van der Waals surface area contributed by atoms with Gasteiger partial charge in [0.2, 0.25) is 0 Å². The Balaban J connectivity index is 1.63. The van der Waals surface area contributed by atoms with Gasteiger partial charge in [-0.05, 0) is 54.1 Å². The van der Waals surface area contributed by atoms with E-state index in [0.29, 0.717) is 18.5 Å². The van der Waals surface area contributed by atoms with Gasteiger partial charge in [0.25, 0.3) is 11.5 Å². The van der Waals surface area contributed by atoms with Crippen molar-refractivity contribution in [3.63, 3.8) is 0 Å². The molecule has 0 spiro atoms. The molecule has 0 bridgehead atoms. The summed E-state index contributed by atoms with van der Waals surface area (Å²) in [5, 5.41) is 0.943. The molecule has 2 aromatic carbocycles. The highest BCUT2D eigenvalue weighted by Crippen LogP contribution is 2.16. The zero-order chi connectivity index (χ0) is 20.2. The third-order valence-electron chi connectivity index (χ3n) is 4.97. The summed E-state index contributed by atoms with van der Waals surface area (Å²) in [7, 11) is 0. The summed E-state index contributed by atoms with van der Waals surface area (Å²) in [4.78, 5) is 30.2. The summed E-state index contributed by atoms with van der Waals surface area (Å²) < 4.78 is 5.30. The number of nitrogens with one attached hydrogen (secondary N) is 1. The molecule has 4 rings (SSSR count). The average Bonchev–Trinajstić information content (AvgIpc) is 3.26. The molecule has 0 radical (unpaired) electrons. The molecular weight excluding hydrogens is 364 g/mol. The minimum absolute atomic E-state index is 0.181. The molecule has 1 N–H and O–H groups in total. The van der Waals surface area contributed by atoms with E-state index in [9.17, 15) is 9.59 Å². The van der Waals surface area contributed by atoms with E-state index < -0.39 is 0 Å². The molecule has 2 aromatic heterocycles. The van der Waals surface area contributed by atoms with Crippen molar-refractivity contribution in [2.75, 3.05) is 6.54 Å². The lowest BCUT2D eigenvalue weighted by Crippen LogP contribution is -2.34. The first-order valence-electron chi connectivity index (χ1n) is 9.59. The maximum Gasteiger partial charge on any atom is 0.289 e. The Morgan fingerprint density at radius 3 is 2.62 bits per heavy atom. The monoisotopic (exact) mass is 386 g/mol. The number of nitrogens with zero attached hydrogens (tertiary/aromatic N) is 1. The van der Waals surface area contributed by atoms with Gasteiger partial charge in [-0.2, -0.15) is 0 Å². The molecule has 0 saturated carbocycles. The first-order chi connectivity index (χ1) is 14.1. The molecule has 29 heavy (non-hydrogen) atoms. The normalized spacial score (nSPS) is 10.9. The molecule has 0 aliphatic heterocycles. The fraction of sp³-hybridized carbons (Fsp3) is 0.167. The first-order valence-corrected chi connectivity index (χ1v) is 9.59. The van der Waals surface area contributed by atoms with Gasteiger partial charge in [0, 0.05) is 17.6 Å². The van der Waals surface area contributed by atoms with E-state index in [4.69, 9.17) is 4.42 Å². The fourth-order valence-corrected chi connectivity index (χ4v) is 3.40. The predicted molar refractivity (Wildman–Crippen MR) is 113 cm³/mol. The summed E-state index contributed by atoms with van der Waals surface area (Å²) in [6.45, 7) is 2.68. The minimum Gasteiger partial charge on any atom is -0.459 e. The maximum atomic E-state index is 13.0. The Morgan fingerprint density at radius 1 is 1.03 bits per heavy atom. The number of pyridine rings is 1. The van der Waals surface area contributed by atoms with Crippen molar-refractivity contribution in [2.24, 2.45) is 0 Å². The van der Waals surface area contributed by atoms with Crippen molar-refractivity contribution in [3.05, 3.63) is 106 Å². The molecule has 0 aliphatic rings. The Labute approximate surface area is 168 Å². The molecule has 146 valence electrons. The lowest BCUT2D eigenvalue weighted by Gasteiger charge is -2.22. The number of aromatic amines is 1. The Hall–Kier alpha value is -3.60. The van der Waals surface area contributed by atoms with Crippen LogP contribution in [-0.4, -0.2) is 22.3 Å². The van der Waals surface area contributed by atoms with E-state index in [0.717, 1.165) is 22.0 Å². The molecular formula is C24H22N2O3. The second-order valence-electron chi connectivity index (χ2n) is 7.15. The molecule has 5 nitrogen and oxygen atoms in total. The Kier molecular flexibility index (Phi) is 5.29. The number of aromatic nitrogens is 1. The second-order valence-corrected chi connectivity index (χ2v) is 7.15. The molecule has 0 atom stereocenters. The van der Waals surface area contributed by atoms with Crippen molar-refractivity contribution < 1.29 is 9.21 Å². The number of fused-ring (bicyclic) bond motifs is 1. The Morgan fingerprint density at radius 2 is 1.86 bits per heavy atom. The van der Waals surface area contributed by atoms with Gasteiger partial charge in [-0.1, -0.05) is 42.5 Å². The van der Waals surface area contributed by atoms with Gasteiger partial charge in [-0.25, -0.2) is 0 Å². The van der Waals surface area contributed by atoms with Crippen molar-refractivity contribution in [1.29, 1.82) is 0 Å². The maximum absolute atomic E-state index is 13.0. The zero-order valence-electron chi connectivity index (χ0n) is 16.2. The average molecular weight is 386 g/mol. The summed E-state index contributed by atoms with van der Waals surface area (Å²) in [6.07, 6.45) is 2.17. The number of aryl methyl sites for hydroxylation is 1. The summed E-state index contributed by atoms with van der Waals surface area (Å²) in [5.74, 6) is 0.0419. The van der Waals surface area contributed by atoms with E-state index in [-0.39, 0.29) is 23.8 Å². The summed E-state index contributed by atoms with van der Waals surface area (Å²) in [5.41, 5.74) is 3.38. The molecule has 0 fully saturated rings. The molecule has 4 aromatic rings. The smallest absolute Gasteiger partial charge is 0.289 e. The highest BCUT2D eigenvalue weighted by atomic mass is 16.3. The number of amides is 1. The van der Waals surface area contributed by atoms with Gasteiger partial charge in [-0.15, -0.1) is 0 Å². The summed E-state index contributed by atoms with van der Waals surface area (Å²) in [6, 6.07) is 21.1. The van der Waals surface area contributed by atoms with Crippen LogP contribution in [0.3, 0.4) is 0 Å². The van der Waals surface area contributed by atoms with E-state index in [2.05, 4.69) is 4.98 Å². The molecule has 0 saturated heterocycles. The predicted octanol–water partition coefficient (Wildman–Crippen LogP) is 4.31. The molecule has 2 heterocycles. The number of hydrogen-bond donors (Lipinski definition) is 1. The molecule has 0 unspecified atom stereocenters. The number of furan rings is 1. The van der Waals surface area contributed by atoms with Crippen LogP contribution < -0.4 is 5.56 Å². The van der Waals surface area contributed by atoms with Crippen LogP contribution in [0.1, 0.15) is 27.2 Å². The van der Waals surface area contributed by atoms with Crippen LogP contribution in [0.25, 0.3) is 10.9 Å². The molecule has 0 aliphatic carbocycles. The zero-order valence-corrected chi connectivity index (χ0v) is 16.2. The third kappa shape index (κ3) is 4.29. The van der Waals surface area contributed by atoms with Crippen molar-refractivity contribution in [2.45, 2.75) is 19.9 Å². The van der Waals surface area contributed by atoms with Gasteiger partial charge in [0.1, 0.15) is 0 Å². The first kappa shape index (κ1) is 18.7. The minimum atomic E-state index is -0.227. The van der Waals surface area contributed by atoms with Crippen LogP contribution in [0.2, 0.25) is 0 Å². The summed E-state index contributed by atoms with van der Waals surface area (Å²) >= 11 is 0. The number of hydrogen-bond acceptors (Lipinski definition) is 3. The lowest BCUT2D eigenvalue weighted by molar-refractivity contribution is 0.0712. The van der Waals surface area contributed by atoms with Crippen LogP contribution in [-0.2, 0) is 13.0 Å². The number of carbonyl (C=O) groups is 1. The van der Waals surface area contributed by atoms with Gasteiger partial charge in [0.15, 0.2) is 5.76 Å². The number of H-pyrrole nitrogens is 1. The van der Waals surface area contributed by atoms with Gasteiger partial charge >= 0.3 is 0 Å². The number of rotatable bonds is 6. The highest BCUT2D eigenvalue weighted by molar-refractivity contribution is 5.91. The van der Waals surface area contributed by atoms with Crippen molar-refractivity contribution in [3.8, 4) is 0 Å².